The number of nitrogens with one attached hydrogen (secondary N) is 1. The van der Waals surface area contributed by atoms with Gasteiger partial charge >= 0.3 is 0 Å². The second-order valence-electron chi connectivity index (χ2n) is 6.88. The van der Waals surface area contributed by atoms with E-state index in [2.05, 4.69) is 10.2 Å². The van der Waals surface area contributed by atoms with Crippen molar-refractivity contribution in [3.8, 4) is 22.8 Å². The molecule has 4 rings (SSSR count). The van der Waals surface area contributed by atoms with Crippen LogP contribution in [-0.2, 0) is 0 Å². The van der Waals surface area contributed by atoms with E-state index >= 15 is 0 Å². The first-order chi connectivity index (χ1) is 14.0. The molecule has 0 unspecified atom stereocenters. The average molecular weight is 414 g/mol. The molecule has 29 heavy (non-hydrogen) atoms. The number of aromatic hydroxyl groups is 1. The molecule has 2 aromatic carbocycles. The van der Waals surface area contributed by atoms with Gasteiger partial charge in [-0.05, 0) is 42.3 Å². The smallest absolute Gasteiger partial charge is 0.273 e. The van der Waals surface area contributed by atoms with E-state index in [-0.39, 0.29) is 24.8 Å². The summed E-state index contributed by atoms with van der Waals surface area (Å²) in [7, 11) is 1.59. The Bertz CT molecular complexity index is 1080. The Morgan fingerprint density at radius 3 is 2.66 bits per heavy atom. The van der Waals surface area contributed by atoms with Gasteiger partial charge in [-0.2, -0.15) is 5.10 Å². The summed E-state index contributed by atoms with van der Waals surface area (Å²) in [4.78, 5) is 14.6. The number of carbonyl (C=O) groups is 1. The maximum absolute atomic E-state index is 13.0. The van der Waals surface area contributed by atoms with Crippen LogP contribution < -0.4 is 4.74 Å². The Morgan fingerprint density at radius 2 is 2.00 bits per heavy atom. The Labute approximate surface area is 172 Å². The van der Waals surface area contributed by atoms with Gasteiger partial charge in [0.05, 0.1) is 19.8 Å². The minimum atomic E-state index is -0.469. The van der Waals surface area contributed by atoms with Crippen molar-refractivity contribution >= 4 is 17.5 Å². The third kappa shape index (κ3) is 3.12. The summed E-state index contributed by atoms with van der Waals surface area (Å²) >= 11 is 6.27. The molecule has 0 saturated heterocycles. The van der Waals surface area contributed by atoms with E-state index in [1.54, 1.807) is 31.1 Å². The number of carbonyl (C=O) groups excluding carboxylic acids is 1. The number of rotatable bonds is 5. The fraction of sp³-hybridized carbons (Fsp3) is 0.238. The monoisotopic (exact) mass is 413 g/mol. The standard InChI is InChI=1S/C21H20ClN3O4/c1-11-9-16(27)14(10-15(11)22)18-17-19(24-23-18)21(28)25(7-8-26)20(17)12-3-5-13(29-2)6-4-12/h3-6,9-10,20,26-27H,7-8H2,1-2H3,(H,23,24)/t20-/m1/s1. The first-order valence-corrected chi connectivity index (χ1v) is 9.47. The third-order valence-corrected chi connectivity index (χ3v) is 5.58. The number of methoxy groups -OCH3 is 1. The molecule has 1 aromatic heterocycles. The minimum absolute atomic E-state index is 0.0303. The highest BCUT2D eigenvalue weighted by molar-refractivity contribution is 6.31. The number of aryl methyl sites for hydroxylation is 1. The molecule has 0 fully saturated rings. The van der Waals surface area contributed by atoms with Gasteiger partial charge in [0.2, 0.25) is 0 Å². The zero-order valence-corrected chi connectivity index (χ0v) is 16.7. The maximum atomic E-state index is 13.0. The van der Waals surface area contributed by atoms with Crippen LogP contribution in [0.4, 0.5) is 0 Å². The number of aromatic amines is 1. The van der Waals surface area contributed by atoms with Gasteiger partial charge in [0.25, 0.3) is 5.91 Å². The van der Waals surface area contributed by atoms with Gasteiger partial charge in [-0.3, -0.25) is 9.89 Å². The molecule has 0 aliphatic carbocycles. The van der Waals surface area contributed by atoms with Gasteiger partial charge in [0.15, 0.2) is 0 Å². The van der Waals surface area contributed by atoms with Crippen molar-refractivity contribution in [3.63, 3.8) is 0 Å². The summed E-state index contributed by atoms with van der Waals surface area (Å²) in [6.45, 7) is 1.79. The largest absolute Gasteiger partial charge is 0.507 e. The van der Waals surface area contributed by atoms with Crippen LogP contribution in [0, 0.1) is 6.92 Å². The van der Waals surface area contributed by atoms with Crippen LogP contribution in [-0.4, -0.2) is 51.5 Å². The molecule has 1 amide bonds. The second kappa shape index (κ2) is 7.42. The molecular formula is C21H20ClN3O4. The molecule has 7 nitrogen and oxygen atoms in total. The lowest BCUT2D eigenvalue weighted by Crippen LogP contribution is -2.32. The van der Waals surface area contributed by atoms with E-state index in [0.29, 0.717) is 33.3 Å². The number of hydrogen-bond acceptors (Lipinski definition) is 5. The molecule has 3 aromatic rings. The van der Waals surface area contributed by atoms with E-state index in [9.17, 15) is 15.0 Å². The summed E-state index contributed by atoms with van der Waals surface area (Å²) in [5.74, 6) is 0.469. The van der Waals surface area contributed by atoms with Crippen LogP contribution in [0.1, 0.15) is 33.2 Å². The van der Waals surface area contributed by atoms with E-state index in [1.165, 1.54) is 0 Å². The highest BCUT2D eigenvalue weighted by Gasteiger charge is 2.42. The third-order valence-electron chi connectivity index (χ3n) is 5.17. The molecule has 3 N–H and O–H groups in total. The summed E-state index contributed by atoms with van der Waals surface area (Å²) in [6.07, 6.45) is 0. The number of nitrogens with zero attached hydrogens (tertiary/aromatic N) is 2. The average Bonchev–Trinajstić information content (AvgIpc) is 3.25. The van der Waals surface area contributed by atoms with Gasteiger partial charge < -0.3 is 19.8 Å². The fourth-order valence-corrected chi connectivity index (χ4v) is 3.89. The van der Waals surface area contributed by atoms with Crippen molar-refractivity contribution in [1.82, 2.24) is 15.1 Å². The Morgan fingerprint density at radius 1 is 1.28 bits per heavy atom. The van der Waals surface area contributed by atoms with E-state index in [0.717, 1.165) is 11.1 Å². The van der Waals surface area contributed by atoms with Crippen molar-refractivity contribution in [1.29, 1.82) is 0 Å². The highest BCUT2D eigenvalue weighted by atomic mass is 35.5. The zero-order valence-electron chi connectivity index (χ0n) is 15.9. The number of aliphatic hydroxyl groups is 1. The molecule has 8 heteroatoms. The molecular weight excluding hydrogens is 394 g/mol. The number of benzene rings is 2. The van der Waals surface area contributed by atoms with Crippen LogP contribution in [0.2, 0.25) is 5.02 Å². The van der Waals surface area contributed by atoms with E-state index < -0.39 is 6.04 Å². The lowest BCUT2D eigenvalue weighted by molar-refractivity contribution is 0.0706. The van der Waals surface area contributed by atoms with Gasteiger partial charge in [-0.25, -0.2) is 0 Å². The predicted octanol–water partition coefficient (Wildman–Crippen LogP) is 3.29. The quantitative estimate of drug-likeness (QED) is 0.596. The molecule has 150 valence electrons. The van der Waals surface area contributed by atoms with Gasteiger partial charge in [-0.1, -0.05) is 23.7 Å². The number of fused-ring (bicyclic) bond motifs is 1. The number of hydrogen-bond donors (Lipinski definition) is 3. The maximum Gasteiger partial charge on any atom is 0.273 e. The molecule has 0 saturated carbocycles. The molecule has 2 heterocycles. The lowest BCUT2D eigenvalue weighted by atomic mass is 9.95. The van der Waals surface area contributed by atoms with Crippen LogP contribution in [0.25, 0.3) is 11.3 Å². The molecule has 1 aliphatic rings. The Hall–Kier alpha value is -3.03. The Balaban J connectivity index is 1.90. The highest BCUT2D eigenvalue weighted by Crippen LogP contribution is 2.45. The SMILES string of the molecule is COc1ccc([C@@H]2c3c(-c4cc(Cl)c(C)cc4O)n[nH]c3C(=O)N2CCO)cc1. The number of phenols is 1. The number of ether oxygens (including phenoxy) is 1. The van der Waals surface area contributed by atoms with E-state index in [4.69, 9.17) is 16.3 Å². The number of β-amino-alcohol motifs (C(OH)–C–C–N with tert-alkyl or cyclic N) is 1. The number of H-pyrrole nitrogens is 1. The van der Waals surface area contributed by atoms with Gasteiger partial charge in [0, 0.05) is 22.7 Å². The molecule has 0 radical (unpaired) electrons. The topological polar surface area (TPSA) is 98.7 Å². The van der Waals surface area contributed by atoms with Crippen molar-refractivity contribution in [2.24, 2.45) is 0 Å². The van der Waals surface area contributed by atoms with Crippen LogP contribution in [0.5, 0.6) is 11.5 Å². The van der Waals surface area contributed by atoms with Gasteiger partial charge in [0.1, 0.15) is 22.9 Å². The first-order valence-electron chi connectivity index (χ1n) is 9.09. The summed E-state index contributed by atoms with van der Waals surface area (Å²) in [6, 6.07) is 10.1. The zero-order chi connectivity index (χ0) is 20.7. The number of phenolic OH excluding ortho intramolecular Hbond substituents is 1. The number of aliphatic hydroxyl groups excluding tert-OH is 1. The van der Waals surface area contributed by atoms with Crippen molar-refractivity contribution in [2.45, 2.75) is 13.0 Å². The predicted molar refractivity (Wildman–Crippen MR) is 108 cm³/mol. The second-order valence-corrected chi connectivity index (χ2v) is 7.28. The Kier molecular flexibility index (Phi) is 4.94. The summed E-state index contributed by atoms with van der Waals surface area (Å²) < 4.78 is 5.23. The number of aromatic nitrogens is 2. The molecule has 1 aliphatic heterocycles. The van der Waals surface area contributed by atoms with Crippen molar-refractivity contribution in [2.75, 3.05) is 20.3 Å². The van der Waals surface area contributed by atoms with Gasteiger partial charge in [-0.15, -0.1) is 0 Å². The summed E-state index contributed by atoms with van der Waals surface area (Å²) in [5.41, 5.74) is 3.45. The van der Waals surface area contributed by atoms with Crippen LogP contribution in [0.3, 0.4) is 0 Å². The van der Waals surface area contributed by atoms with Crippen LogP contribution in [0.15, 0.2) is 36.4 Å². The first kappa shape index (κ1) is 19.3. The molecule has 1 atom stereocenters. The molecule has 0 spiro atoms. The van der Waals surface area contributed by atoms with E-state index in [1.807, 2.05) is 24.3 Å². The molecule has 0 bridgehead atoms. The normalized spacial score (nSPS) is 15.7. The van der Waals surface area contributed by atoms with Crippen molar-refractivity contribution in [3.05, 3.63) is 63.8 Å². The summed E-state index contributed by atoms with van der Waals surface area (Å²) in [5, 5.41) is 27.6. The minimum Gasteiger partial charge on any atom is -0.507 e. The number of amides is 1. The lowest BCUT2D eigenvalue weighted by Gasteiger charge is -2.25. The number of halogens is 1. The van der Waals surface area contributed by atoms with Crippen LogP contribution >= 0.6 is 11.6 Å². The van der Waals surface area contributed by atoms with Crippen molar-refractivity contribution < 1.29 is 19.7 Å². The fourth-order valence-electron chi connectivity index (χ4n) is 3.73.